The van der Waals surface area contributed by atoms with E-state index in [1.54, 1.807) is 0 Å². The van der Waals surface area contributed by atoms with Crippen LogP contribution in [0.5, 0.6) is 0 Å². The van der Waals surface area contributed by atoms with Gasteiger partial charge in [-0.2, -0.15) is 0 Å². The van der Waals surface area contributed by atoms with Gasteiger partial charge in [-0.05, 0) is 27.2 Å². The van der Waals surface area contributed by atoms with E-state index < -0.39 is 5.60 Å². The van der Waals surface area contributed by atoms with E-state index in [0.717, 1.165) is 6.42 Å². The second-order valence-corrected chi connectivity index (χ2v) is 3.31. The molecule has 1 N–H and O–H groups in total. The second kappa shape index (κ2) is 4.35. The summed E-state index contributed by atoms with van der Waals surface area (Å²) in [4.78, 5) is 0. The zero-order valence-corrected chi connectivity index (χ0v) is 7.89. The van der Waals surface area contributed by atoms with Gasteiger partial charge in [0.1, 0.15) is 0 Å². The van der Waals surface area contributed by atoms with Crippen molar-refractivity contribution in [2.24, 2.45) is 0 Å². The highest BCUT2D eigenvalue weighted by molar-refractivity contribution is 5.12. The highest BCUT2D eigenvalue weighted by Crippen LogP contribution is 2.09. The average molecular weight is 154 g/mol. The molecule has 0 bridgehead atoms. The van der Waals surface area contributed by atoms with Crippen LogP contribution in [0.4, 0.5) is 0 Å². The van der Waals surface area contributed by atoms with Crippen LogP contribution in [-0.4, -0.2) is 10.7 Å². The van der Waals surface area contributed by atoms with E-state index in [1.165, 1.54) is 5.57 Å². The Morgan fingerprint density at radius 1 is 1.45 bits per heavy atom. The molecule has 1 unspecified atom stereocenters. The zero-order valence-electron chi connectivity index (χ0n) is 7.89. The topological polar surface area (TPSA) is 20.2 Å². The van der Waals surface area contributed by atoms with E-state index in [-0.39, 0.29) is 0 Å². The summed E-state index contributed by atoms with van der Waals surface area (Å²) in [7, 11) is 0. The van der Waals surface area contributed by atoms with E-state index in [2.05, 4.69) is 0 Å². The van der Waals surface area contributed by atoms with Crippen LogP contribution in [0.1, 0.15) is 34.1 Å². The third kappa shape index (κ3) is 5.86. The van der Waals surface area contributed by atoms with Gasteiger partial charge >= 0.3 is 0 Å². The van der Waals surface area contributed by atoms with Crippen LogP contribution in [-0.2, 0) is 0 Å². The summed E-state index contributed by atoms with van der Waals surface area (Å²) in [6.07, 6.45) is 6.46. The maximum Gasteiger partial charge on any atom is 0.0800 e. The molecule has 0 aliphatic heterocycles. The molecule has 0 rings (SSSR count). The van der Waals surface area contributed by atoms with Crippen molar-refractivity contribution >= 4 is 0 Å². The molecule has 1 nitrogen and oxygen atoms in total. The van der Waals surface area contributed by atoms with Crippen molar-refractivity contribution in [3.8, 4) is 0 Å². The summed E-state index contributed by atoms with van der Waals surface area (Å²) in [5, 5.41) is 9.52. The number of allylic oxidation sites excluding steroid dienone is 3. The Hall–Kier alpha value is -0.560. The minimum absolute atomic E-state index is 0.647. The van der Waals surface area contributed by atoms with Crippen molar-refractivity contribution < 1.29 is 5.11 Å². The van der Waals surface area contributed by atoms with E-state index in [1.807, 2.05) is 45.9 Å². The van der Waals surface area contributed by atoms with Crippen LogP contribution in [0.25, 0.3) is 0 Å². The fourth-order valence-electron chi connectivity index (χ4n) is 0.566. The summed E-state index contributed by atoms with van der Waals surface area (Å²) in [5.74, 6) is 0. The Morgan fingerprint density at radius 2 is 2.00 bits per heavy atom. The molecular formula is C10H18O. The molecule has 0 saturated carbocycles. The average Bonchev–Trinajstić information content (AvgIpc) is 1.87. The molecule has 0 spiro atoms. The van der Waals surface area contributed by atoms with Crippen LogP contribution in [0.2, 0.25) is 0 Å². The molecule has 0 saturated heterocycles. The fraction of sp³-hybridized carbons (Fsp3) is 0.600. The maximum atomic E-state index is 9.52. The van der Waals surface area contributed by atoms with Gasteiger partial charge in [0.05, 0.1) is 5.60 Å². The Morgan fingerprint density at radius 3 is 2.36 bits per heavy atom. The molecule has 0 aromatic heterocycles. The highest BCUT2D eigenvalue weighted by Gasteiger charge is 2.10. The first kappa shape index (κ1) is 10.4. The van der Waals surface area contributed by atoms with Gasteiger partial charge in [0.25, 0.3) is 0 Å². The van der Waals surface area contributed by atoms with Crippen LogP contribution >= 0.6 is 0 Å². The maximum absolute atomic E-state index is 9.52. The van der Waals surface area contributed by atoms with Crippen LogP contribution in [0.15, 0.2) is 23.8 Å². The molecule has 0 amide bonds. The minimum atomic E-state index is -0.647. The molecule has 0 heterocycles. The predicted octanol–water partition coefficient (Wildman–Crippen LogP) is 2.67. The summed E-state index contributed by atoms with van der Waals surface area (Å²) in [5.41, 5.74) is 0.597. The van der Waals surface area contributed by atoms with Crippen LogP contribution in [0, 0.1) is 0 Å². The number of aliphatic hydroxyl groups is 1. The van der Waals surface area contributed by atoms with Crippen molar-refractivity contribution in [2.75, 3.05) is 0 Å². The first-order valence-corrected chi connectivity index (χ1v) is 4.03. The van der Waals surface area contributed by atoms with E-state index >= 15 is 0 Å². The number of hydrogen-bond donors (Lipinski definition) is 1. The SMILES string of the molecule is CCC(C)(O)C=CC=C(C)C. The second-order valence-electron chi connectivity index (χ2n) is 3.31. The summed E-state index contributed by atoms with van der Waals surface area (Å²) in [6.45, 7) is 7.84. The van der Waals surface area contributed by atoms with E-state index in [4.69, 9.17) is 0 Å². The lowest BCUT2D eigenvalue weighted by Crippen LogP contribution is -2.18. The van der Waals surface area contributed by atoms with Crippen molar-refractivity contribution in [1.29, 1.82) is 0 Å². The summed E-state index contributed by atoms with van der Waals surface area (Å²) < 4.78 is 0. The Balaban J connectivity index is 4.02. The zero-order chi connectivity index (χ0) is 8.91. The Bertz CT molecular complexity index is 160. The van der Waals surface area contributed by atoms with Crippen molar-refractivity contribution in [3.05, 3.63) is 23.8 Å². The van der Waals surface area contributed by atoms with Gasteiger partial charge in [-0.3, -0.25) is 0 Å². The molecule has 0 fully saturated rings. The molecule has 0 radical (unpaired) electrons. The third-order valence-corrected chi connectivity index (χ3v) is 1.60. The molecule has 11 heavy (non-hydrogen) atoms. The fourth-order valence-corrected chi connectivity index (χ4v) is 0.566. The number of hydrogen-bond acceptors (Lipinski definition) is 1. The Kier molecular flexibility index (Phi) is 4.12. The van der Waals surface area contributed by atoms with Gasteiger partial charge in [-0.25, -0.2) is 0 Å². The highest BCUT2D eigenvalue weighted by atomic mass is 16.3. The van der Waals surface area contributed by atoms with Gasteiger partial charge < -0.3 is 5.11 Å². The normalized spacial score (nSPS) is 16.5. The van der Waals surface area contributed by atoms with Crippen LogP contribution in [0.3, 0.4) is 0 Å². The molecule has 0 aliphatic rings. The van der Waals surface area contributed by atoms with E-state index in [0.29, 0.717) is 0 Å². The standard InChI is InChI=1S/C10H18O/c1-5-10(4,11)8-6-7-9(2)3/h6-8,11H,5H2,1-4H3. The quantitative estimate of drug-likeness (QED) is 0.620. The van der Waals surface area contributed by atoms with Crippen molar-refractivity contribution in [1.82, 2.24) is 0 Å². The molecule has 0 aliphatic carbocycles. The molecule has 64 valence electrons. The Labute approximate surface area is 69.4 Å². The minimum Gasteiger partial charge on any atom is -0.386 e. The van der Waals surface area contributed by atoms with Crippen LogP contribution < -0.4 is 0 Å². The van der Waals surface area contributed by atoms with Crippen molar-refractivity contribution in [3.63, 3.8) is 0 Å². The van der Waals surface area contributed by atoms with Gasteiger partial charge in [-0.15, -0.1) is 0 Å². The smallest absolute Gasteiger partial charge is 0.0800 e. The lowest BCUT2D eigenvalue weighted by molar-refractivity contribution is 0.108. The van der Waals surface area contributed by atoms with E-state index in [9.17, 15) is 5.11 Å². The van der Waals surface area contributed by atoms with Gasteiger partial charge in [0, 0.05) is 0 Å². The third-order valence-electron chi connectivity index (χ3n) is 1.60. The monoisotopic (exact) mass is 154 g/mol. The van der Waals surface area contributed by atoms with Crippen molar-refractivity contribution in [2.45, 2.75) is 39.7 Å². The molecule has 0 aromatic carbocycles. The lowest BCUT2D eigenvalue weighted by atomic mass is 10.0. The first-order chi connectivity index (χ1) is 4.98. The largest absolute Gasteiger partial charge is 0.386 e. The number of rotatable bonds is 3. The van der Waals surface area contributed by atoms with Gasteiger partial charge in [0.15, 0.2) is 0 Å². The summed E-state index contributed by atoms with van der Waals surface area (Å²) in [6, 6.07) is 0. The summed E-state index contributed by atoms with van der Waals surface area (Å²) >= 11 is 0. The lowest BCUT2D eigenvalue weighted by Gasteiger charge is -2.14. The molecule has 0 aromatic rings. The van der Waals surface area contributed by atoms with Gasteiger partial charge in [-0.1, -0.05) is 30.7 Å². The van der Waals surface area contributed by atoms with Gasteiger partial charge in [0.2, 0.25) is 0 Å². The first-order valence-electron chi connectivity index (χ1n) is 4.03. The molecule has 1 heteroatoms. The predicted molar refractivity (Wildman–Crippen MR) is 49.5 cm³/mol. The molecular weight excluding hydrogens is 136 g/mol. The molecule has 1 atom stereocenters.